The molecule has 0 unspecified atom stereocenters. The van der Waals surface area contributed by atoms with Crippen molar-refractivity contribution in [1.82, 2.24) is 9.97 Å². The summed E-state index contributed by atoms with van der Waals surface area (Å²) in [6, 6.07) is 13.1. The van der Waals surface area contributed by atoms with Crippen LogP contribution in [-0.2, 0) is 0 Å². The molecule has 2 N–H and O–H groups in total. The van der Waals surface area contributed by atoms with Crippen LogP contribution in [0.15, 0.2) is 48.0 Å². The molecule has 2 aromatic heterocycles. The van der Waals surface area contributed by atoms with Crippen molar-refractivity contribution in [3.05, 3.63) is 48.0 Å². The van der Waals surface area contributed by atoms with Gasteiger partial charge in [-0.3, -0.25) is 4.98 Å². The Morgan fingerprint density at radius 2 is 2.14 bits per heavy atom. The molecule has 0 saturated heterocycles. The van der Waals surface area contributed by atoms with Gasteiger partial charge in [-0.25, -0.2) is 4.98 Å². The number of nitriles is 1. The van der Waals surface area contributed by atoms with E-state index in [2.05, 4.69) is 9.97 Å². The monoisotopic (exact) mass is 308 g/mol. The second-order valence-corrected chi connectivity index (χ2v) is 5.31. The number of thiazole rings is 1. The zero-order valence-electron chi connectivity index (χ0n) is 11.6. The van der Waals surface area contributed by atoms with E-state index >= 15 is 0 Å². The topological polar surface area (TPSA) is 84.8 Å². The summed E-state index contributed by atoms with van der Waals surface area (Å²) in [5, 5.41) is 11.4. The first kappa shape index (κ1) is 14.0. The third kappa shape index (κ3) is 2.90. The van der Waals surface area contributed by atoms with E-state index in [0.29, 0.717) is 11.4 Å². The maximum absolute atomic E-state index is 8.53. The molecule has 0 aliphatic rings. The molecule has 0 amide bonds. The van der Waals surface area contributed by atoms with E-state index in [1.807, 2.05) is 35.7 Å². The van der Waals surface area contributed by atoms with Gasteiger partial charge < -0.3 is 10.5 Å². The van der Waals surface area contributed by atoms with E-state index in [9.17, 15) is 0 Å². The SMILES string of the molecule is N#CCOc1ccc(-c2csc(-c3ccccn3)n2)cc1N. The first-order chi connectivity index (χ1) is 10.8. The normalized spacial score (nSPS) is 10.1. The summed E-state index contributed by atoms with van der Waals surface area (Å²) < 4.78 is 5.24. The number of nitrogen functional groups attached to an aromatic ring is 1. The third-order valence-corrected chi connectivity index (χ3v) is 3.85. The molecule has 0 spiro atoms. The van der Waals surface area contributed by atoms with Crippen LogP contribution in [0.25, 0.3) is 22.0 Å². The van der Waals surface area contributed by atoms with Crippen molar-refractivity contribution >= 4 is 17.0 Å². The molecular weight excluding hydrogens is 296 g/mol. The fraction of sp³-hybridized carbons (Fsp3) is 0.0625. The van der Waals surface area contributed by atoms with E-state index in [1.54, 1.807) is 18.3 Å². The van der Waals surface area contributed by atoms with Crippen LogP contribution < -0.4 is 10.5 Å². The highest BCUT2D eigenvalue weighted by atomic mass is 32.1. The lowest BCUT2D eigenvalue weighted by molar-refractivity contribution is 0.370. The molecule has 1 aromatic carbocycles. The number of benzene rings is 1. The molecule has 0 saturated carbocycles. The molecule has 6 heteroatoms. The Balaban J connectivity index is 1.88. The average Bonchev–Trinajstić information content (AvgIpc) is 3.04. The van der Waals surface area contributed by atoms with Gasteiger partial charge in [-0.15, -0.1) is 11.3 Å². The maximum atomic E-state index is 8.53. The zero-order valence-corrected chi connectivity index (χ0v) is 12.4. The van der Waals surface area contributed by atoms with E-state index in [1.165, 1.54) is 11.3 Å². The fourth-order valence-electron chi connectivity index (χ4n) is 1.96. The van der Waals surface area contributed by atoms with Gasteiger partial charge in [-0.05, 0) is 30.3 Å². The van der Waals surface area contributed by atoms with E-state index in [4.69, 9.17) is 15.7 Å². The number of nitrogens with two attached hydrogens (primary N) is 1. The summed E-state index contributed by atoms with van der Waals surface area (Å²) in [7, 11) is 0. The summed E-state index contributed by atoms with van der Waals surface area (Å²) in [5.41, 5.74) is 9.02. The Hall–Kier alpha value is -2.91. The number of hydrogen-bond acceptors (Lipinski definition) is 6. The van der Waals surface area contributed by atoms with Crippen LogP contribution in [0.1, 0.15) is 0 Å². The highest BCUT2D eigenvalue weighted by Gasteiger charge is 2.09. The minimum Gasteiger partial charge on any atom is -0.477 e. The van der Waals surface area contributed by atoms with Crippen molar-refractivity contribution in [1.29, 1.82) is 5.26 Å². The second-order valence-electron chi connectivity index (χ2n) is 4.45. The molecule has 2 heterocycles. The van der Waals surface area contributed by atoms with Gasteiger partial charge in [0, 0.05) is 17.1 Å². The number of nitrogens with zero attached hydrogens (tertiary/aromatic N) is 3. The lowest BCUT2D eigenvalue weighted by Gasteiger charge is -2.06. The number of rotatable bonds is 4. The largest absolute Gasteiger partial charge is 0.477 e. The summed E-state index contributed by atoms with van der Waals surface area (Å²) in [5.74, 6) is 0.505. The molecule has 3 aromatic rings. The van der Waals surface area contributed by atoms with Crippen LogP contribution in [0.2, 0.25) is 0 Å². The van der Waals surface area contributed by atoms with Gasteiger partial charge in [0.2, 0.25) is 0 Å². The van der Waals surface area contributed by atoms with Gasteiger partial charge in [0.1, 0.15) is 16.8 Å². The number of anilines is 1. The highest BCUT2D eigenvalue weighted by molar-refractivity contribution is 7.13. The lowest BCUT2D eigenvalue weighted by Crippen LogP contribution is -1.98. The lowest BCUT2D eigenvalue weighted by atomic mass is 10.1. The van der Waals surface area contributed by atoms with Crippen molar-refractivity contribution in [2.75, 3.05) is 12.3 Å². The Morgan fingerprint density at radius 3 is 2.86 bits per heavy atom. The summed E-state index contributed by atoms with van der Waals surface area (Å²) in [4.78, 5) is 8.88. The van der Waals surface area contributed by atoms with Gasteiger partial charge in [-0.2, -0.15) is 5.26 Å². The summed E-state index contributed by atoms with van der Waals surface area (Å²) in [6.45, 7) is -0.0237. The van der Waals surface area contributed by atoms with Crippen molar-refractivity contribution in [2.45, 2.75) is 0 Å². The number of ether oxygens (including phenoxy) is 1. The standard InChI is InChI=1S/C16H12N4OS/c17-6-8-21-15-5-4-11(9-12(15)18)14-10-22-16(20-14)13-3-1-2-7-19-13/h1-5,7,9-10H,8,18H2. The molecule has 0 bridgehead atoms. The number of hydrogen-bond donors (Lipinski definition) is 1. The fourth-order valence-corrected chi connectivity index (χ4v) is 2.77. The molecule has 0 atom stereocenters. The second kappa shape index (κ2) is 6.24. The molecule has 108 valence electrons. The third-order valence-electron chi connectivity index (χ3n) is 2.99. The van der Waals surface area contributed by atoms with Gasteiger partial charge >= 0.3 is 0 Å². The average molecular weight is 308 g/mol. The summed E-state index contributed by atoms with van der Waals surface area (Å²) >= 11 is 1.53. The van der Waals surface area contributed by atoms with Gasteiger partial charge in [-0.1, -0.05) is 6.07 Å². The Labute approximate surface area is 131 Å². The highest BCUT2D eigenvalue weighted by Crippen LogP contribution is 2.31. The first-order valence-electron chi connectivity index (χ1n) is 6.54. The van der Waals surface area contributed by atoms with Crippen LogP contribution in [0.5, 0.6) is 5.75 Å². The Bertz CT molecular complexity index is 824. The van der Waals surface area contributed by atoms with E-state index in [-0.39, 0.29) is 6.61 Å². The predicted octanol–water partition coefficient (Wildman–Crippen LogP) is 3.36. The van der Waals surface area contributed by atoms with Crippen LogP contribution in [-0.4, -0.2) is 16.6 Å². The van der Waals surface area contributed by atoms with Gasteiger partial charge in [0.15, 0.2) is 6.61 Å². The van der Waals surface area contributed by atoms with Gasteiger partial charge in [0.05, 0.1) is 17.1 Å². The first-order valence-corrected chi connectivity index (χ1v) is 7.42. The molecule has 0 aliphatic heterocycles. The molecular formula is C16H12N4OS. The van der Waals surface area contributed by atoms with Crippen LogP contribution in [0, 0.1) is 11.3 Å². The van der Waals surface area contributed by atoms with E-state index in [0.717, 1.165) is 22.0 Å². The van der Waals surface area contributed by atoms with Gasteiger partial charge in [0.25, 0.3) is 0 Å². The molecule has 0 fully saturated rings. The minimum absolute atomic E-state index is 0.0237. The van der Waals surface area contributed by atoms with Crippen molar-refractivity contribution < 1.29 is 4.74 Å². The predicted molar refractivity (Wildman–Crippen MR) is 86.3 cm³/mol. The number of aromatic nitrogens is 2. The number of pyridine rings is 1. The quantitative estimate of drug-likeness (QED) is 0.747. The van der Waals surface area contributed by atoms with Crippen LogP contribution >= 0.6 is 11.3 Å². The molecule has 5 nitrogen and oxygen atoms in total. The van der Waals surface area contributed by atoms with Crippen LogP contribution in [0.3, 0.4) is 0 Å². The smallest absolute Gasteiger partial charge is 0.174 e. The van der Waals surface area contributed by atoms with Crippen molar-refractivity contribution in [2.24, 2.45) is 0 Å². The Kier molecular flexibility index (Phi) is 3.99. The summed E-state index contributed by atoms with van der Waals surface area (Å²) in [6.07, 6.45) is 1.75. The van der Waals surface area contributed by atoms with E-state index < -0.39 is 0 Å². The molecule has 0 radical (unpaired) electrons. The van der Waals surface area contributed by atoms with Crippen LogP contribution in [0.4, 0.5) is 5.69 Å². The molecule has 3 rings (SSSR count). The van der Waals surface area contributed by atoms with Crippen molar-refractivity contribution in [3.8, 4) is 33.8 Å². The minimum atomic E-state index is -0.0237. The maximum Gasteiger partial charge on any atom is 0.174 e. The molecule has 22 heavy (non-hydrogen) atoms. The zero-order chi connectivity index (χ0) is 15.4. The van der Waals surface area contributed by atoms with Crippen molar-refractivity contribution in [3.63, 3.8) is 0 Å². The Morgan fingerprint density at radius 1 is 1.23 bits per heavy atom. The molecule has 0 aliphatic carbocycles.